The first-order valence-electron chi connectivity index (χ1n) is 9.46. The highest BCUT2D eigenvalue weighted by molar-refractivity contribution is 7.99. The molecule has 30 heavy (non-hydrogen) atoms. The second-order valence-electron chi connectivity index (χ2n) is 7.56. The average molecular weight is 431 g/mol. The topological polar surface area (TPSA) is 83.6 Å². The molecule has 1 N–H and O–H groups in total. The van der Waals surface area contributed by atoms with Gasteiger partial charge in [0, 0.05) is 11.3 Å². The summed E-state index contributed by atoms with van der Waals surface area (Å²) in [6.07, 6.45) is 0. The lowest BCUT2D eigenvalue weighted by atomic mass is 10.0. The summed E-state index contributed by atoms with van der Waals surface area (Å²) >= 11 is 0. The van der Waals surface area contributed by atoms with E-state index >= 15 is 0 Å². The molecular formula is C22H23FN2O4S. The molecule has 158 valence electrons. The van der Waals surface area contributed by atoms with Crippen molar-refractivity contribution in [1.29, 1.82) is 0 Å². The van der Waals surface area contributed by atoms with E-state index in [0.717, 1.165) is 11.6 Å². The van der Waals surface area contributed by atoms with Crippen LogP contribution in [0.1, 0.15) is 43.4 Å². The second kappa shape index (κ2) is 8.02. The molecule has 0 atom stereocenters. The smallest absolute Gasteiger partial charge is 0.268 e. The second-order valence-corrected chi connectivity index (χ2v) is 9.36. The maximum Gasteiger partial charge on any atom is 0.268 e. The Kier molecular flexibility index (Phi) is 5.81. The van der Waals surface area contributed by atoms with Crippen LogP contribution in [-0.4, -0.2) is 31.1 Å². The largest absolute Gasteiger partial charge is 0.324 e. The molecule has 2 amide bonds. The Morgan fingerprint density at radius 3 is 2.30 bits per heavy atom. The quantitative estimate of drug-likeness (QED) is 0.782. The lowest BCUT2D eigenvalue weighted by Crippen LogP contribution is -2.38. The molecule has 0 aliphatic carbocycles. The molecule has 1 heterocycles. The van der Waals surface area contributed by atoms with Crippen molar-refractivity contribution in [2.45, 2.75) is 33.6 Å². The van der Waals surface area contributed by atoms with E-state index < -0.39 is 34.2 Å². The number of amides is 2. The first kappa shape index (κ1) is 21.7. The fourth-order valence-corrected chi connectivity index (χ4v) is 5.01. The van der Waals surface area contributed by atoms with Crippen LogP contribution in [0.15, 0.2) is 48.0 Å². The normalized spacial score (nSPS) is 15.8. The van der Waals surface area contributed by atoms with Crippen LogP contribution in [-0.2, 0) is 19.6 Å². The summed E-state index contributed by atoms with van der Waals surface area (Å²) in [4.78, 5) is 24.9. The van der Waals surface area contributed by atoms with Gasteiger partial charge in [-0.15, -0.1) is 0 Å². The number of sulfonamides is 1. The Morgan fingerprint density at radius 1 is 1.10 bits per heavy atom. The number of benzene rings is 2. The number of rotatable bonds is 5. The molecule has 0 saturated heterocycles. The van der Waals surface area contributed by atoms with Gasteiger partial charge in [-0.2, -0.15) is 0 Å². The van der Waals surface area contributed by atoms with E-state index in [0.29, 0.717) is 15.4 Å². The van der Waals surface area contributed by atoms with Crippen molar-refractivity contribution in [3.8, 4) is 0 Å². The van der Waals surface area contributed by atoms with E-state index in [4.69, 9.17) is 0 Å². The van der Waals surface area contributed by atoms with Crippen molar-refractivity contribution in [3.63, 3.8) is 0 Å². The molecule has 0 spiro atoms. The Morgan fingerprint density at radius 2 is 1.73 bits per heavy atom. The van der Waals surface area contributed by atoms with E-state index in [1.165, 1.54) is 19.1 Å². The molecule has 0 fully saturated rings. The van der Waals surface area contributed by atoms with Gasteiger partial charge in [0.2, 0.25) is 5.91 Å². The molecule has 2 aromatic carbocycles. The molecule has 0 bridgehead atoms. The van der Waals surface area contributed by atoms with Crippen LogP contribution in [0.5, 0.6) is 0 Å². The molecule has 2 aromatic rings. The standard InChI is InChI=1S/C22H23FN2O4S/c1-13(2)16-6-8-17(9-7-16)21-15(4)22(27)25(30(21,28)29)12-20(26)24-18-10-5-14(3)19(23)11-18/h5-11,13H,12H2,1-4H3,(H,24,26). The summed E-state index contributed by atoms with van der Waals surface area (Å²) in [7, 11) is -4.19. The summed E-state index contributed by atoms with van der Waals surface area (Å²) in [5, 5.41) is 2.43. The summed E-state index contributed by atoms with van der Waals surface area (Å²) in [6, 6.07) is 11.1. The number of anilines is 1. The molecule has 1 aliphatic heterocycles. The maximum atomic E-state index is 13.7. The molecule has 0 unspecified atom stereocenters. The number of hydrogen-bond acceptors (Lipinski definition) is 4. The Hall–Kier alpha value is -3.00. The molecule has 1 aliphatic rings. The summed E-state index contributed by atoms with van der Waals surface area (Å²) in [6.45, 7) is 6.37. The third kappa shape index (κ3) is 4.00. The number of carbonyl (C=O) groups excluding carboxylic acids is 2. The average Bonchev–Trinajstić information content (AvgIpc) is 2.84. The third-order valence-corrected chi connectivity index (χ3v) is 6.95. The number of aryl methyl sites for hydroxylation is 1. The van der Waals surface area contributed by atoms with Gasteiger partial charge in [-0.3, -0.25) is 9.59 Å². The van der Waals surface area contributed by atoms with E-state index in [2.05, 4.69) is 5.32 Å². The van der Waals surface area contributed by atoms with E-state index in [1.54, 1.807) is 19.1 Å². The highest BCUT2D eigenvalue weighted by Crippen LogP contribution is 2.35. The molecule has 0 saturated carbocycles. The van der Waals surface area contributed by atoms with Gasteiger partial charge in [0.15, 0.2) is 0 Å². The monoisotopic (exact) mass is 430 g/mol. The van der Waals surface area contributed by atoms with Crippen molar-refractivity contribution >= 4 is 32.4 Å². The van der Waals surface area contributed by atoms with Gasteiger partial charge >= 0.3 is 0 Å². The molecular weight excluding hydrogens is 407 g/mol. The van der Waals surface area contributed by atoms with E-state index in [9.17, 15) is 22.4 Å². The fraction of sp³-hybridized carbons (Fsp3) is 0.273. The Labute approximate surface area is 175 Å². The highest BCUT2D eigenvalue weighted by atomic mass is 32.2. The van der Waals surface area contributed by atoms with Gasteiger partial charge < -0.3 is 5.32 Å². The lowest BCUT2D eigenvalue weighted by molar-refractivity contribution is -0.126. The van der Waals surface area contributed by atoms with Gasteiger partial charge in [0.25, 0.3) is 15.9 Å². The van der Waals surface area contributed by atoms with E-state index in [1.807, 2.05) is 26.0 Å². The number of halogens is 1. The van der Waals surface area contributed by atoms with Gasteiger partial charge in [0.05, 0.1) is 0 Å². The van der Waals surface area contributed by atoms with Gasteiger partial charge in [0.1, 0.15) is 17.3 Å². The van der Waals surface area contributed by atoms with Crippen LogP contribution >= 0.6 is 0 Å². The highest BCUT2D eigenvalue weighted by Gasteiger charge is 2.43. The molecule has 8 heteroatoms. The number of hydrogen-bond donors (Lipinski definition) is 1. The first-order valence-corrected chi connectivity index (χ1v) is 10.9. The number of nitrogens with zero attached hydrogens (tertiary/aromatic N) is 1. The van der Waals surface area contributed by atoms with Gasteiger partial charge in [-0.1, -0.05) is 44.2 Å². The van der Waals surface area contributed by atoms with E-state index in [-0.39, 0.29) is 22.1 Å². The zero-order valence-corrected chi connectivity index (χ0v) is 18.0. The Balaban J connectivity index is 1.83. The molecule has 0 radical (unpaired) electrons. The van der Waals surface area contributed by atoms with Crippen molar-refractivity contribution in [2.75, 3.05) is 11.9 Å². The minimum atomic E-state index is -4.19. The lowest BCUT2D eigenvalue weighted by Gasteiger charge is -2.17. The summed E-state index contributed by atoms with van der Waals surface area (Å²) in [5.41, 5.74) is 2.09. The zero-order valence-electron chi connectivity index (χ0n) is 17.2. The summed E-state index contributed by atoms with van der Waals surface area (Å²) < 4.78 is 40.3. The number of carbonyl (C=O) groups is 2. The van der Waals surface area contributed by atoms with Crippen molar-refractivity contribution in [2.24, 2.45) is 0 Å². The van der Waals surface area contributed by atoms with Crippen LogP contribution in [0.2, 0.25) is 0 Å². The minimum Gasteiger partial charge on any atom is -0.324 e. The zero-order chi connectivity index (χ0) is 22.2. The van der Waals surface area contributed by atoms with Gasteiger partial charge in [-0.25, -0.2) is 17.1 Å². The van der Waals surface area contributed by atoms with Crippen LogP contribution in [0.4, 0.5) is 10.1 Å². The van der Waals surface area contributed by atoms with Crippen LogP contribution in [0.25, 0.3) is 4.91 Å². The maximum absolute atomic E-state index is 13.7. The Bertz CT molecular complexity index is 1150. The van der Waals surface area contributed by atoms with Crippen molar-refractivity contribution < 1.29 is 22.4 Å². The molecule has 6 nitrogen and oxygen atoms in total. The predicted octanol–water partition coefficient (Wildman–Crippen LogP) is 3.80. The van der Waals surface area contributed by atoms with Crippen LogP contribution < -0.4 is 5.32 Å². The summed E-state index contributed by atoms with van der Waals surface area (Å²) in [5.74, 6) is -1.70. The number of nitrogens with one attached hydrogen (secondary N) is 1. The van der Waals surface area contributed by atoms with Crippen LogP contribution in [0, 0.1) is 12.7 Å². The van der Waals surface area contributed by atoms with Gasteiger partial charge in [-0.05, 0) is 48.6 Å². The molecule has 0 aromatic heterocycles. The third-order valence-electron chi connectivity index (χ3n) is 5.02. The minimum absolute atomic E-state index is 0.0569. The SMILES string of the molecule is CC1=C(c2ccc(C(C)C)cc2)S(=O)(=O)N(CC(=O)Nc2ccc(C)c(F)c2)C1=O. The predicted molar refractivity (Wildman–Crippen MR) is 114 cm³/mol. The van der Waals surface area contributed by atoms with Crippen LogP contribution in [0.3, 0.4) is 0 Å². The molecule has 3 rings (SSSR count). The van der Waals surface area contributed by atoms with Crippen molar-refractivity contribution in [3.05, 3.63) is 70.5 Å². The first-order chi connectivity index (χ1) is 14.0. The van der Waals surface area contributed by atoms with Crippen molar-refractivity contribution in [1.82, 2.24) is 4.31 Å². The fourth-order valence-electron chi connectivity index (χ4n) is 3.24.